The average Bonchev–Trinajstić information content (AvgIpc) is 2.49. The van der Waals surface area contributed by atoms with E-state index in [0.717, 1.165) is 0 Å². The number of fused-ring (bicyclic) bond motifs is 1. The van der Waals surface area contributed by atoms with Crippen molar-refractivity contribution in [3.63, 3.8) is 0 Å². The maximum atomic E-state index is 13.1. The molecule has 1 aromatic heterocycles. The third-order valence-electron chi connectivity index (χ3n) is 1.88. The summed E-state index contributed by atoms with van der Waals surface area (Å²) in [6, 6.07) is 4.66. The molecule has 3 nitrogen and oxygen atoms in total. The maximum Gasteiger partial charge on any atom is 0.151 e. The molecule has 0 aliphatic rings. The molecule has 0 amide bonds. The Kier molecular flexibility index (Phi) is 1.77. The predicted molar refractivity (Wildman–Crippen MR) is 46.7 cm³/mol. The molecule has 2 rings (SSSR count). The fourth-order valence-corrected chi connectivity index (χ4v) is 1.21. The summed E-state index contributed by atoms with van der Waals surface area (Å²) in [6.07, 6.45) is -0.702. The molecular weight excluding hydrogens is 171 g/mol. The van der Waals surface area contributed by atoms with Gasteiger partial charge in [-0.1, -0.05) is 6.07 Å². The van der Waals surface area contributed by atoms with Crippen LogP contribution < -0.4 is 0 Å². The fraction of sp³-hybridized carbons (Fsp3) is 0.222. The van der Waals surface area contributed by atoms with E-state index in [0.29, 0.717) is 11.3 Å². The van der Waals surface area contributed by atoms with Gasteiger partial charge in [-0.05, 0) is 19.1 Å². The number of aliphatic hydroxyl groups is 1. The first-order valence-corrected chi connectivity index (χ1v) is 4.00. The first kappa shape index (κ1) is 8.19. The number of halogens is 1. The van der Waals surface area contributed by atoms with E-state index in [4.69, 9.17) is 0 Å². The van der Waals surface area contributed by atoms with E-state index in [2.05, 4.69) is 9.97 Å². The van der Waals surface area contributed by atoms with Gasteiger partial charge in [0.1, 0.15) is 17.4 Å². The topological polar surface area (TPSA) is 48.9 Å². The number of rotatable bonds is 1. The van der Waals surface area contributed by atoms with Gasteiger partial charge in [0, 0.05) is 0 Å². The molecule has 0 fully saturated rings. The molecule has 1 atom stereocenters. The highest BCUT2D eigenvalue weighted by molar-refractivity contribution is 5.75. The van der Waals surface area contributed by atoms with E-state index in [1.165, 1.54) is 6.07 Å². The quantitative estimate of drug-likeness (QED) is 0.702. The van der Waals surface area contributed by atoms with Gasteiger partial charge in [-0.3, -0.25) is 0 Å². The summed E-state index contributed by atoms with van der Waals surface area (Å²) in [5.41, 5.74) is 0.884. The second-order valence-electron chi connectivity index (χ2n) is 2.93. The van der Waals surface area contributed by atoms with Crippen LogP contribution in [0.1, 0.15) is 18.9 Å². The monoisotopic (exact) mass is 180 g/mol. The largest absolute Gasteiger partial charge is 0.385 e. The first-order chi connectivity index (χ1) is 6.18. The van der Waals surface area contributed by atoms with Gasteiger partial charge < -0.3 is 10.1 Å². The number of aromatic amines is 1. The van der Waals surface area contributed by atoms with E-state index < -0.39 is 6.10 Å². The normalized spacial score (nSPS) is 13.5. The van der Waals surface area contributed by atoms with E-state index in [-0.39, 0.29) is 11.3 Å². The number of nitrogens with one attached hydrogen (secondary N) is 1. The van der Waals surface area contributed by atoms with Crippen LogP contribution in [0, 0.1) is 5.82 Å². The molecule has 13 heavy (non-hydrogen) atoms. The standard InChI is InChI=1S/C9H9FN2O/c1-5(13)9-11-7-4-2-3-6(10)8(7)12-9/h2-5,13H,1H3,(H,11,12)/t5-/m0/s1. The van der Waals surface area contributed by atoms with E-state index in [1.54, 1.807) is 19.1 Å². The van der Waals surface area contributed by atoms with E-state index in [9.17, 15) is 9.50 Å². The lowest BCUT2D eigenvalue weighted by atomic mass is 10.3. The lowest BCUT2D eigenvalue weighted by molar-refractivity contribution is 0.190. The molecule has 0 radical (unpaired) electrons. The van der Waals surface area contributed by atoms with Gasteiger partial charge in [0.2, 0.25) is 0 Å². The number of H-pyrrole nitrogens is 1. The van der Waals surface area contributed by atoms with Crippen molar-refractivity contribution in [2.75, 3.05) is 0 Å². The van der Waals surface area contributed by atoms with Crippen molar-refractivity contribution in [3.05, 3.63) is 29.8 Å². The highest BCUT2D eigenvalue weighted by atomic mass is 19.1. The SMILES string of the molecule is C[C@H](O)c1nc2c(F)cccc2[nH]1. The molecule has 4 heteroatoms. The van der Waals surface area contributed by atoms with Crippen LogP contribution in [0.3, 0.4) is 0 Å². The Balaban J connectivity index is 2.68. The summed E-state index contributed by atoms with van der Waals surface area (Å²) >= 11 is 0. The third-order valence-corrected chi connectivity index (χ3v) is 1.88. The molecular formula is C9H9FN2O. The smallest absolute Gasteiger partial charge is 0.151 e. The predicted octanol–water partition coefficient (Wildman–Crippen LogP) is 1.76. The second kappa shape index (κ2) is 2.81. The van der Waals surface area contributed by atoms with Gasteiger partial charge in [-0.25, -0.2) is 9.37 Å². The molecule has 0 aliphatic heterocycles. The zero-order valence-corrected chi connectivity index (χ0v) is 7.08. The molecule has 1 heterocycles. The number of benzene rings is 1. The summed E-state index contributed by atoms with van der Waals surface area (Å²) in [6.45, 7) is 1.58. The number of nitrogens with zero attached hydrogens (tertiary/aromatic N) is 1. The van der Waals surface area contributed by atoms with Crippen LogP contribution in [0.4, 0.5) is 4.39 Å². The average molecular weight is 180 g/mol. The molecule has 68 valence electrons. The molecule has 0 saturated heterocycles. The fourth-order valence-electron chi connectivity index (χ4n) is 1.21. The number of para-hydroxylation sites is 1. The Morgan fingerprint density at radius 2 is 2.31 bits per heavy atom. The van der Waals surface area contributed by atoms with Crippen molar-refractivity contribution in [2.45, 2.75) is 13.0 Å². The summed E-state index contributed by atoms with van der Waals surface area (Å²) in [4.78, 5) is 6.77. The Morgan fingerprint density at radius 1 is 1.54 bits per heavy atom. The second-order valence-corrected chi connectivity index (χ2v) is 2.93. The van der Waals surface area contributed by atoms with Crippen LogP contribution in [0.25, 0.3) is 11.0 Å². The minimum Gasteiger partial charge on any atom is -0.385 e. The highest BCUT2D eigenvalue weighted by Gasteiger charge is 2.09. The molecule has 0 unspecified atom stereocenters. The number of hydrogen-bond donors (Lipinski definition) is 2. The summed E-state index contributed by atoms with van der Waals surface area (Å²) < 4.78 is 13.1. The lowest BCUT2D eigenvalue weighted by Crippen LogP contribution is -1.92. The number of hydrogen-bond acceptors (Lipinski definition) is 2. The molecule has 0 spiro atoms. The van der Waals surface area contributed by atoms with Crippen LogP contribution in [-0.4, -0.2) is 15.1 Å². The Labute approximate surface area is 74.2 Å². The summed E-state index contributed by atoms with van der Waals surface area (Å²) in [5, 5.41) is 9.20. The zero-order valence-electron chi connectivity index (χ0n) is 7.08. The van der Waals surface area contributed by atoms with Crippen molar-refractivity contribution in [1.29, 1.82) is 0 Å². The van der Waals surface area contributed by atoms with Gasteiger partial charge in [0.05, 0.1) is 5.52 Å². The number of aromatic nitrogens is 2. The summed E-state index contributed by atoms with van der Waals surface area (Å²) in [7, 11) is 0. The van der Waals surface area contributed by atoms with E-state index >= 15 is 0 Å². The van der Waals surface area contributed by atoms with Crippen molar-refractivity contribution in [2.24, 2.45) is 0 Å². The molecule has 2 N–H and O–H groups in total. The lowest BCUT2D eigenvalue weighted by Gasteiger charge is -1.95. The highest BCUT2D eigenvalue weighted by Crippen LogP contribution is 2.17. The van der Waals surface area contributed by atoms with Crippen LogP contribution in [0.15, 0.2) is 18.2 Å². The van der Waals surface area contributed by atoms with Crippen LogP contribution in [0.2, 0.25) is 0 Å². The van der Waals surface area contributed by atoms with Crippen molar-refractivity contribution in [1.82, 2.24) is 9.97 Å². The molecule has 0 aliphatic carbocycles. The minimum atomic E-state index is -0.702. The van der Waals surface area contributed by atoms with Crippen molar-refractivity contribution < 1.29 is 9.50 Å². The minimum absolute atomic E-state index is 0.276. The third kappa shape index (κ3) is 1.29. The van der Waals surface area contributed by atoms with E-state index in [1.807, 2.05) is 0 Å². The summed E-state index contributed by atoms with van der Waals surface area (Å²) in [5.74, 6) is 0.0146. The molecule has 0 bridgehead atoms. The van der Waals surface area contributed by atoms with Crippen LogP contribution in [0.5, 0.6) is 0 Å². The maximum absolute atomic E-state index is 13.1. The first-order valence-electron chi connectivity index (χ1n) is 4.00. The molecule has 0 saturated carbocycles. The van der Waals surface area contributed by atoms with Gasteiger partial charge in [-0.15, -0.1) is 0 Å². The number of imidazole rings is 1. The van der Waals surface area contributed by atoms with Crippen molar-refractivity contribution in [3.8, 4) is 0 Å². The number of aliphatic hydroxyl groups excluding tert-OH is 1. The van der Waals surface area contributed by atoms with Gasteiger partial charge in [0.15, 0.2) is 5.82 Å². The Hall–Kier alpha value is -1.42. The van der Waals surface area contributed by atoms with Crippen molar-refractivity contribution >= 4 is 11.0 Å². The van der Waals surface area contributed by atoms with Crippen LogP contribution in [-0.2, 0) is 0 Å². The molecule has 1 aromatic carbocycles. The Morgan fingerprint density at radius 3 is 2.92 bits per heavy atom. The van der Waals surface area contributed by atoms with Crippen LogP contribution >= 0.6 is 0 Å². The Bertz CT molecular complexity index is 436. The van der Waals surface area contributed by atoms with Gasteiger partial charge >= 0.3 is 0 Å². The zero-order chi connectivity index (χ0) is 9.42. The molecule has 2 aromatic rings. The van der Waals surface area contributed by atoms with Gasteiger partial charge in [-0.2, -0.15) is 0 Å². The van der Waals surface area contributed by atoms with Gasteiger partial charge in [0.25, 0.3) is 0 Å².